The van der Waals surface area contributed by atoms with Crippen molar-refractivity contribution in [2.45, 2.75) is 31.2 Å². The van der Waals surface area contributed by atoms with Gasteiger partial charge in [0.05, 0.1) is 17.2 Å². The summed E-state index contributed by atoms with van der Waals surface area (Å²) in [7, 11) is -3.81. The number of sulfonamides is 1. The van der Waals surface area contributed by atoms with Crippen LogP contribution in [0.4, 0.5) is 0 Å². The molecule has 24 heavy (non-hydrogen) atoms. The minimum absolute atomic E-state index is 0.0234. The van der Waals surface area contributed by atoms with E-state index in [1.165, 1.54) is 24.5 Å². The van der Waals surface area contributed by atoms with Gasteiger partial charge in [0.15, 0.2) is 0 Å². The van der Waals surface area contributed by atoms with Crippen LogP contribution in [0.15, 0.2) is 63.6 Å². The van der Waals surface area contributed by atoms with Crippen molar-refractivity contribution in [2.75, 3.05) is 0 Å². The average molecular weight is 349 g/mol. The average Bonchev–Trinajstić information content (AvgIpc) is 3.05. The molecule has 0 aliphatic heterocycles. The third-order valence-electron chi connectivity index (χ3n) is 3.56. The fourth-order valence-corrected chi connectivity index (χ4v) is 3.42. The summed E-state index contributed by atoms with van der Waals surface area (Å²) >= 11 is 0. The Morgan fingerprint density at radius 1 is 1.29 bits per heavy atom. The van der Waals surface area contributed by atoms with Crippen molar-refractivity contribution in [1.29, 1.82) is 0 Å². The van der Waals surface area contributed by atoms with E-state index in [0.717, 1.165) is 5.56 Å². The van der Waals surface area contributed by atoms with Crippen molar-refractivity contribution in [3.63, 3.8) is 0 Å². The van der Waals surface area contributed by atoms with Gasteiger partial charge in [-0.05, 0) is 38.1 Å². The molecule has 0 radical (unpaired) electrons. The van der Waals surface area contributed by atoms with Crippen molar-refractivity contribution in [2.24, 2.45) is 0 Å². The number of hydrogen-bond donors (Lipinski definition) is 2. The maximum absolute atomic E-state index is 12.6. The van der Waals surface area contributed by atoms with Gasteiger partial charge in [0.1, 0.15) is 5.76 Å². The molecular formula is C17H19NO5S. The Labute approximate surface area is 140 Å². The van der Waals surface area contributed by atoms with Gasteiger partial charge in [-0.25, -0.2) is 17.9 Å². The molecule has 1 unspecified atom stereocenters. The van der Waals surface area contributed by atoms with Gasteiger partial charge in [-0.2, -0.15) is 0 Å². The molecule has 1 aromatic carbocycles. The number of allylic oxidation sites excluding steroid dienone is 1. The lowest BCUT2D eigenvalue weighted by Crippen LogP contribution is -2.29. The normalized spacial score (nSPS) is 13.7. The molecule has 1 atom stereocenters. The molecule has 0 fully saturated rings. The second kappa shape index (κ2) is 7.46. The molecule has 2 rings (SSSR count). The quantitative estimate of drug-likeness (QED) is 0.749. The zero-order valence-electron chi connectivity index (χ0n) is 13.4. The molecule has 7 heteroatoms. The van der Waals surface area contributed by atoms with Gasteiger partial charge < -0.3 is 9.52 Å². The fraction of sp³-hybridized carbons (Fsp3) is 0.235. The number of aliphatic carboxylic acids is 1. The first-order chi connectivity index (χ1) is 11.3. The lowest BCUT2D eigenvalue weighted by molar-refractivity contribution is -0.132. The number of carboxylic acid groups (broad SMARTS) is 1. The summed E-state index contributed by atoms with van der Waals surface area (Å²) in [5.41, 5.74) is 1.04. The number of carboxylic acids is 1. The summed E-state index contributed by atoms with van der Waals surface area (Å²) in [6, 6.07) is 8.83. The van der Waals surface area contributed by atoms with Crippen LogP contribution in [0.25, 0.3) is 0 Å². The number of hydrogen-bond acceptors (Lipinski definition) is 4. The van der Waals surface area contributed by atoms with Gasteiger partial charge in [-0.1, -0.05) is 23.8 Å². The first-order valence-electron chi connectivity index (χ1n) is 7.34. The zero-order valence-corrected chi connectivity index (χ0v) is 14.2. The molecule has 0 bridgehead atoms. The number of aryl methyl sites for hydroxylation is 1. The largest absolute Gasteiger partial charge is 0.478 e. The highest BCUT2D eigenvalue weighted by molar-refractivity contribution is 7.89. The number of benzene rings is 1. The maximum Gasteiger partial charge on any atom is 0.331 e. The van der Waals surface area contributed by atoms with Crippen molar-refractivity contribution in [3.05, 3.63) is 65.6 Å². The second-order valence-corrected chi connectivity index (χ2v) is 7.04. The van der Waals surface area contributed by atoms with Crippen molar-refractivity contribution < 1.29 is 22.7 Å². The van der Waals surface area contributed by atoms with E-state index < -0.39 is 22.0 Å². The van der Waals surface area contributed by atoms with Crippen LogP contribution in [-0.4, -0.2) is 19.5 Å². The molecule has 128 valence electrons. The first-order valence-corrected chi connectivity index (χ1v) is 8.82. The lowest BCUT2D eigenvalue weighted by Gasteiger charge is -2.17. The van der Waals surface area contributed by atoms with E-state index in [4.69, 9.17) is 4.42 Å². The van der Waals surface area contributed by atoms with Gasteiger partial charge in [-0.3, -0.25) is 0 Å². The molecule has 1 aromatic heterocycles. The molecule has 1 heterocycles. The fourth-order valence-electron chi connectivity index (χ4n) is 2.21. The third-order valence-corrected chi connectivity index (χ3v) is 5.05. The van der Waals surface area contributed by atoms with E-state index in [0.29, 0.717) is 5.76 Å². The first kappa shape index (κ1) is 18.0. The molecule has 0 saturated carbocycles. The highest BCUT2D eigenvalue weighted by Crippen LogP contribution is 2.24. The van der Waals surface area contributed by atoms with Crippen molar-refractivity contribution in [3.8, 4) is 0 Å². The van der Waals surface area contributed by atoms with Crippen molar-refractivity contribution >= 4 is 16.0 Å². The Morgan fingerprint density at radius 3 is 2.46 bits per heavy atom. The van der Waals surface area contributed by atoms with Crippen LogP contribution < -0.4 is 4.72 Å². The number of carbonyl (C=O) groups is 1. The summed E-state index contributed by atoms with van der Waals surface area (Å²) in [4.78, 5) is 11.3. The monoisotopic (exact) mass is 349 g/mol. The molecule has 0 aliphatic carbocycles. The smallest absolute Gasteiger partial charge is 0.331 e. The predicted octanol–water partition coefficient (Wildman–Crippen LogP) is 3.03. The van der Waals surface area contributed by atoms with E-state index in [9.17, 15) is 18.3 Å². The number of furan rings is 1. The molecule has 0 aliphatic rings. The highest BCUT2D eigenvalue weighted by Gasteiger charge is 2.25. The lowest BCUT2D eigenvalue weighted by atomic mass is 10.1. The Morgan fingerprint density at radius 2 is 1.96 bits per heavy atom. The predicted molar refractivity (Wildman–Crippen MR) is 89.0 cm³/mol. The Hall–Kier alpha value is -2.38. The number of nitrogens with one attached hydrogen (secondary N) is 1. The molecule has 0 spiro atoms. The summed E-state index contributed by atoms with van der Waals surface area (Å²) in [5, 5.41) is 9.19. The molecule has 2 aromatic rings. The Bertz CT molecular complexity index is 820. The highest BCUT2D eigenvalue weighted by atomic mass is 32.2. The van der Waals surface area contributed by atoms with E-state index in [-0.39, 0.29) is 16.9 Å². The zero-order chi connectivity index (χ0) is 17.7. The summed E-state index contributed by atoms with van der Waals surface area (Å²) in [6.07, 6.45) is 2.83. The van der Waals surface area contributed by atoms with Crippen LogP contribution in [0, 0.1) is 6.92 Å². The molecule has 2 N–H and O–H groups in total. The maximum atomic E-state index is 12.6. The van der Waals surface area contributed by atoms with Crippen LogP contribution in [0.5, 0.6) is 0 Å². The SMILES string of the molecule is CC=C(CC(NS(=O)(=O)c1ccc(C)cc1)c1ccco1)C(=O)O. The molecule has 0 saturated heterocycles. The van der Waals surface area contributed by atoms with Gasteiger partial charge in [0.2, 0.25) is 10.0 Å². The summed E-state index contributed by atoms with van der Waals surface area (Å²) < 4.78 is 32.9. The topological polar surface area (TPSA) is 96.6 Å². The minimum Gasteiger partial charge on any atom is -0.478 e. The molecular weight excluding hydrogens is 330 g/mol. The van der Waals surface area contributed by atoms with Crippen LogP contribution in [0.2, 0.25) is 0 Å². The van der Waals surface area contributed by atoms with E-state index in [2.05, 4.69) is 4.72 Å². The van der Waals surface area contributed by atoms with Crippen LogP contribution in [0.3, 0.4) is 0 Å². The Kier molecular flexibility index (Phi) is 5.58. The van der Waals surface area contributed by atoms with Crippen LogP contribution in [0.1, 0.15) is 30.7 Å². The van der Waals surface area contributed by atoms with Gasteiger partial charge in [0.25, 0.3) is 0 Å². The van der Waals surface area contributed by atoms with Gasteiger partial charge in [0, 0.05) is 12.0 Å². The summed E-state index contributed by atoms with van der Waals surface area (Å²) in [6.45, 7) is 3.46. The molecule has 0 amide bonds. The number of rotatable bonds is 7. The third kappa shape index (κ3) is 4.33. The van der Waals surface area contributed by atoms with Gasteiger partial charge in [-0.15, -0.1) is 0 Å². The van der Waals surface area contributed by atoms with E-state index in [1.54, 1.807) is 31.2 Å². The summed E-state index contributed by atoms with van der Waals surface area (Å²) in [5.74, 6) is -0.741. The molecule has 6 nitrogen and oxygen atoms in total. The Balaban J connectivity index is 2.31. The van der Waals surface area contributed by atoms with Crippen molar-refractivity contribution in [1.82, 2.24) is 4.72 Å². The standard InChI is InChI=1S/C17H19NO5S/c1-3-13(17(19)20)11-15(16-5-4-10-23-16)18-24(21,22)14-8-6-12(2)7-9-14/h3-10,15,18H,11H2,1-2H3,(H,19,20). The van der Waals surface area contributed by atoms with Crippen LogP contribution in [-0.2, 0) is 14.8 Å². The van der Waals surface area contributed by atoms with Crippen LogP contribution >= 0.6 is 0 Å². The second-order valence-electron chi connectivity index (χ2n) is 5.33. The minimum atomic E-state index is -3.81. The van der Waals surface area contributed by atoms with E-state index in [1.807, 2.05) is 6.92 Å². The van der Waals surface area contributed by atoms with E-state index >= 15 is 0 Å². The van der Waals surface area contributed by atoms with Gasteiger partial charge >= 0.3 is 5.97 Å².